The summed E-state index contributed by atoms with van der Waals surface area (Å²) in [6, 6.07) is 8.55. The number of sulfonamides is 1. The lowest BCUT2D eigenvalue weighted by Crippen LogP contribution is -2.38. The lowest BCUT2D eigenvalue weighted by Gasteiger charge is -2.20. The second-order valence-corrected chi connectivity index (χ2v) is 9.16. The summed E-state index contributed by atoms with van der Waals surface area (Å²) in [6.07, 6.45) is -0.0104. The first-order chi connectivity index (χ1) is 14.5. The molecule has 0 fully saturated rings. The summed E-state index contributed by atoms with van der Waals surface area (Å²) in [5.74, 6) is -1.58. The second kappa shape index (κ2) is 10.4. The number of anilines is 1. The fraction of sp³-hybridized carbons (Fsp3) is 0.278. The molecule has 11 nitrogen and oxygen atoms in total. The molecule has 7 N–H and O–H groups in total. The molecule has 1 heterocycles. The molecule has 0 aliphatic carbocycles. The van der Waals surface area contributed by atoms with Gasteiger partial charge in [0.1, 0.15) is 11.7 Å². The van der Waals surface area contributed by atoms with E-state index in [1.165, 1.54) is 12.1 Å². The van der Waals surface area contributed by atoms with E-state index in [1.807, 2.05) is 0 Å². The van der Waals surface area contributed by atoms with E-state index in [-0.39, 0.29) is 24.5 Å². The smallest absolute Gasteiger partial charge is 0.275 e. The Morgan fingerprint density at radius 1 is 1.26 bits per heavy atom. The summed E-state index contributed by atoms with van der Waals surface area (Å²) in [7, 11) is -3.92. The molecule has 0 bridgehead atoms. The predicted molar refractivity (Wildman–Crippen MR) is 120 cm³/mol. The van der Waals surface area contributed by atoms with Crippen LogP contribution in [0.15, 0.2) is 45.7 Å². The highest BCUT2D eigenvalue weighted by molar-refractivity contribution is 9.10. The molecule has 31 heavy (non-hydrogen) atoms. The topological polar surface area (TPSA) is 182 Å². The standard InChI is InChI=1S/C18H23BrN6O5S/c1-11-6-7-14(24-31(28,29)10-12-4-2-3-5-13(12)19)17(27)25(11)15(16(20)26)8-9-30-23-18(21)22/h2-7,15,24H,8-10H2,1H3,(H2,20,26)(H4,21,22,23). The Hall–Kier alpha value is -2.90. The Bertz CT molecular complexity index is 1130. The van der Waals surface area contributed by atoms with E-state index in [0.717, 1.165) is 4.57 Å². The van der Waals surface area contributed by atoms with Crippen molar-refractivity contribution in [3.05, 3.63) is 62.5 Å². The number of nitrogens with one attached hydrogen (secondary N) is 3. The quantitative estimate of drug-likeness (QED) is 0.133. The van der Waals surface area contributed by atoms with Crippen LogP contribution in [0.5, 0.6) is 0 Å². The number of halogens is 1. The van der Waals surface area contributed by atoms with Crippen molar-refractivity contribution in [2.24, 2.45) is 11.5 Å². The van der Waals surface area contributed by atoms with Gasteiger partial charge in [-0.05, 0) is 30.7 Å². The van der Waals surface area contributed by atoms with Crippen LogP contribution in [0, 0.1) is 12.3 Å². The van der Waals surface area contributed by atoms with Gasteiger partial charge in [-0.1, -0.05) is 34.1 Å². The average molecular weight is 515 g/mol. The van der Waals surface area contributed by atoms with Crippen molar-refractivity contribution < 1.29 is 18.0 Å². The number of hydroxylamine groups is 1. The summed E-state index contributed by atoms with van der Waals surface area (Å²) in [6.45, 7) is 1.50. The summed E-state index contributed by atoms with van der Waals surface area (Å²) in [5.41, 5.74) is 12.7. The molecule has 0 aliphatic rings. The summed E-state index contributed by atoms with van der Waals surface area (Å²) >= 11 is 3.30. The number of nitrogens with two attached hydrogens (primary N) is 2. The normalized spacial score (nSPS) is 12.2. The van der Waals surface area contributed by atoms with Crippen molar-refractivity contribution in [1.29, 1.82) is 5.41 Å². The summed E-state index contributed by atoms with van der Waals surface area (Å²) in [5, 5.41) is 7.03. The Labute approximate surface area is 187 Å². The Morgan fingerprint density at radius 2 is 1.94 bits per heavy atom. The van der Waals surface area contributed by atoms with Gasteiger partial charge >= 0.3 is 0 Å². The maximum atomic E-state index is 13.0. The molecule has 1 aromatic carbocycles. The molecule has 1 unspecified atom stereocenters. The van der Waals surface area contributed by atoms with E-state index in [4.69, 9.17) is 21.7 Å². The number of pyridine rings is 1. The first-order valence-electron chi connectivity index (χ1n) is 8.99. The minimum Gasteiger partial charge on any atom is -0.368 e. The van der Waals surface area contributed by atoms with Crippen LogP contribution in [-0.2, 0) is 25.4 Å². The molecule has 13 heteroatoms. The van der Waals surface area contributed by atoms with Gasteiger partial charge in [0.05, 0.1) is 12.4 Å². The summed E-state index contributed by atoms with van der Waals surface area (Å²) < 4.78 is 29.2. The van der Waals surface area contributed by atoms with Crippen LogP contribution in [0.4, 0.5) is 5.69 Å². The van der Waals surface area contributed by atoms with E-state index >= 15 is 0 Å². The van der Waals surface area contributed by atoms with Gasteiger partial charge in [0.25, 0.3) is 5.56 Å². The molecule has 0 saturated heterocycles. The number of amides is 1. The zero-order valence-electron chi connectivity index (χ0n) is 16.6. The first kappa shape index (κ1) is 24.4. The molecule has 168 valence electrons. The fourth-order valence-corrected chi connectivity index (χ4v) is 4.67. The molecule has 0 aliphatic heterocycles. The Morgan fingerprint density at radius 3 is 2.55 bits per heavy atom. The number of aromatic nitrogens is 1. The van der Waals surface area contributed by atoms with Gasteiger partial charge in [0, 0.05) is 16.6 Å². The zero-order valence-corrected chi connectivity index (χ0v) is 19.0. The van der Waals surface area contributed by atoms with Crippen molar-refractivity contribution in [2.45, 2.75) is 25.1 Å². The third-order valence-corrected chi connectivity index (χ3v) is 6.20. The second-order valence-electron chi connectivity index (χ2n) is 6.59. The average Bonchev–Trinajstić information content (AvgIpc) is 2.67. The van der Waals surface area contributed by atoms with E-state index in [1.54, 1.807) is 31.2 Å². The number of nitrogens with zero attached hydrogens (tertiary/aromatic N) is 1. The van der Waals surface area contributed by atoms with Crippen LogP contribution < -0.4 is 27.2 Å². The Kier molecular flexibility index (Phi) is 8.19. The third kappa shape index (κ3) is 6.80. The van der Waals surface area contributed by atoms with Crippen LogP contribution in [0.3, 0.4) is 0 Å². The molecular weight excluding hydrogens is 492 g/mol. The molecule has 0 radical (unpaired) electrons. The van der Waals surface area contributed by atoms with Gasteiger partial charge in [-0.2, -0.15) is 0 Å². The van der Waals surface area contributed by atoms with Crippen molar-refractivity contribution in [3.8, 4) is 0 Å². The van der Waals surface area contributed by atoms with Gasteiger partial charge in [0.2, 0.25) is 21.9 Å². The number of guanidine groups is 1. The van der Waals surface area contributed by atoms with Crippen LogP contribution in [-0.4, -0.2) is 31.5 Å². The number of hydrogen-bond donors (Lipinski definition) is 5. The zero-order chi connectivity index (χ0) is 23.2. The molecule has 1 aromatic heterocycles. The van der Waals surface area contributed by atoms with Crippen LogP contribution in [0.25, 0.3) is 0 Å². The van der Waals surface area contributed by atoms with Gasteiger partial charge in [0.15, 0.2) is 0 Å². The molecule has 2 rings (SSSR count). The maximum absolute atomic E-state index is 13.0. The fourth-order valence-electron chi connectivity index (χ4n) is 2.83. The van der Waals surface area contributed by atoms with E-state index in [0.29, 0.717) is 15.7 Å². The molecule has 0 saturated carbocycles. The van der Waals surface area contributed by atoms with Crippen LogP contribution in [0.2, 0.25) is 0 Å². The van der Waals surface area contributed by atoms with Crippen molar-refractivity contribution in [1.82, 2.24) is 10.0 Å². The molecule has 2 aromatic rings. The first-order valence-corrected chi connectivity index (χ1v) is 11.4. The highest BCUT2D eigenvalue weighted by atomic mass is 79.9. The van der Waals surface area contributed by atoms with E-state index in [9.17, 15) is 18.0 Å². The largest absolute Gasteiger partial charge is 0.368 e. The van der Waals surface area contributed by atoms with Crippen LogP contribution >= 0.6 is 15.9 Å². The number of benzene rings is 1. The highest BCUT2D eigenvalue weighted by Crippen LogP contribution is 2.20. The maximum Gasteiger partial charge on any atom is 0.275 e. The highest BCUT2D eigenvalue weighted by Gasteiger charge is 2.23. The van der Waals surface area contributed by atoms with Crippen molar-refractivity contribution in [3.63, 3.8) is 0 Å². The minimum absolute atomic E-state index is 0.0104. The van der Waals surface area contributed by atoms with E-state index < -0.39 is 33.5 Å². The number of hydrogen-bond acceptors (Lipinski definition) is 6. The lowest BCUT2D eigenvalue weighted by molar-refractivity contribution is -0.122. The monoisotopic (exact) mass is 514 g/mol. The van der Waals surface area contributed by atoms with Crippen molar-refractivity contribution >= 4 is 43.5 Å². The van der Waals surface area contributed by atoms with Gasteiger partial charge < -0.3 is 11.5 Å². The number of carbonyl (C=O) groups is 1. The summed E-state index contributed by atoms with van der Waals surface area (Å²) in [4.78, 5) is 29.9. The van der Waals surface area contributed by atoms with Gasteiger partial charge in [-0.25, -0.2) is 13.9 Å². The number of rotatable bonds is 10. The SMILES string of the molecule is Cc1ccc(NS(=O)(=O)Cc2ccccc2Br)c(=O)n1C(CCONC(=N)N)C(N)=O. The van der Waals surface area contributed by atoms with Gasteiger partial charge in [-0.3, -0.25) is 29.1 Å². The number of carbonyl (C=O) groups excluding carboxylic acids is 1. The molecule has 0 spiro atoms. The van der Waals surface area contributed by atoms with Crippen LogP contribution in [0.1, 0.15) is 23.7 Å². The number of aryl methyl sites for hydroxylation is 1. The molecule has 1 atom stereocenters. The van der Waals surface area contributed by atoms with E-state index in [2.05, 4.69) is 26.1 Å². The molecular formula is C18H23BrN6O5S. The predicted octanol–water partition coefficient (Wildman–Crippen LogP) is 0.692. The Balaban J connectivity index is 2.29. The van der Waals surface area contributed by atoms with Crippen molar-refractivity contribution in [2.75, 3.05) is 11.3 Å². The number of primary amides is 1. The lowest BCUT2D eigenvalue weighted by atomic mass is 10.1. The van der Waals surface area contributed by atoms with Gasteiger partial charge in [-0.15, -0.1) is 0 Å². The third-order valence-electron chi connectivity index (χ3n) is 4.20. The minimum atomic E-state index is -3.92. The molecule has 1 amide bonds.